The molecule has 0 aromatic rings. The average molecular weight is 284 g/mol. The minimum absolute atomic E-state index is 0.0550. The third kappa shape index (κ3) is 3.49. The van der Waals surface area contributed by atoms with Gasteiger partial charge in [0.15, 0.2) is 0 Å². The van der Waals surface area contributed by atoms with Crippen LogP contribution >= 0.6 is 0 Å². The largest absolute Gasteiger partial charge is 0.481 e. The number of nitrogens with one attached hydrogen (secondary N) is 1. The molecule has 114 valence electrons. The summed E-state index contributed by atoms with van der Waals surface area (Å²) in [5, 5.41) is 12.1. The smallest absolute Gasteiger partial charge is 0.306 e. The second-order valence-corrected chi connectivity index (χ2v) is 5.84. The highest BCUT2D eigenvalue weighted by Gasteiger charge is 2.36. The maximum absolute atomic E-state index is 12.0. The van der Waals surface area contributed by atoms with E-state index in [2.05, 4.69) is 5.32 Å². The lowest BCUT2D eigenvalue weighted by Crippen LogP contribution is -2.51. The minimum atomic E-state index is -0.748. The van der Waals surface area contributed by atoms with Gasteiger partial charge in [0.2, 0.25) is 5.91 Å². The summed E-state index contributed by atoms with van der Waals surface area (Å²) < 4.78 is 5.49. The van der Waals surface area contributed by atoms with Gasteiger partial charge in [0, 0.05) is 26.7 Å². The van der Waals surface area contributed by atoms with Crippen molar-refractivity contribution in [3.8, 4) is 0 Å². The van der Waals surface area contributed by atoms with E-state index in [-0.39, 0.29) is 17.4 Å². The number of carboxylic acids is 1. The number of hydrogen-bond acceptors (Lipinski definition) is 4. The zero-order chi connectivity index (χ0) is 14.6. The van der Waals surface area contributed by atoms with E-state index in [1.807, 2.05) is 0 Å². The lowest BCUT2D eigenvalue weighted by atomic mass is 9.80. The van der Waals surface area contributed by atoms with Gasteiger partial charge in [-0.3, -0.25) is 9.59 Å². The first-order valence-electron chi connectivity index (χ1n) is 7.33. The summed E-state index contributed by atoms with van der Waals surface area (Å²) in [6.45, 7) is 2.11. The zero-order valence-corrected chi connectivity index (χ0v) is 12.1. The van der Waals surface area contributed by atoms with Crippen molar-refractivity contribution in [2.45, 2.75) is 37.7 Å². The molecule has 6 nitrogen and oxygen atoms in total. The number of aliphatic carboxylic acids is 1. The molecule has 6 heteroatoms. The molecule has 2 rings (SSSR count). The number of carbonyl (C=O) groups excluding carboxylic acids is 1. The summed E-state index contributed by atoms with van der Waals surface area (Å²) in [6, 6.07) is 0. The summed E-state index contributed by atoms with van der Waals surface area (Å²) in [5.74, 6) is -0.986. The van der Waals surface area contributed by atoms with Crippen LogP contribution in [0.5, 0.6) is 0 Å². The molecule has 0 aromatic heterocycles. The SMILES string of the molecule is COC1(CNCC(=O)N2CCC(C(=O)O)CC2)CCC1. The molecular formula is C14H24N2O4. The maximum Gasteiger partial charge on any atom is 0.306 e. The Bertz CT molecular complexity index is 355. The summed E-state index contributed by atoms with van der Waals surface area (Å²) in [6.07, 6.45) is 4.40. The lowest BCUT2D eigenvalue weighted by Gasteiger charge is -2.40. The van der Waals surface area contributed by atoms with Crippen LogP contribution in [-0.2, 0) is 14.3 Å². The quantitative estimate of drug-likeness (QED) is 0.741. The van der Waals surface area contributed by atoms with Gasteiger partial charge in [-0.1, -0.05) is 0 Å². The molecule has 1 aliphatic carbocycles. The number of carboxylic acid groups (broad SMARTS) is 1. The standard InChI is InChI=1S/C14H24N2O4/c1-20-14(5-2-6-14)10-15-9-12(17)16-7-3-11(4-8-16)13(18)19/h11,15H,2-10H2,1H3,(H,18,19). The first-order valence-corrected chi connectivity index (χ1v) is 7.33. The van der Waals surface area contributed by atoms with Crippen molar-refractivity contribution < 1.29 is 19.4 Å². The van der Waals surface area contributed by atoms with Gasteiger partial charge >= 0.3 is 5.97 Å². The van der Waals surface area contributed by atoms with E-state index in [1.165, 1.54) is 6.42 Å². The molecule has 1 aliphatic heterocycles. The number of methoxy groups -OCH3 is 1. The Labute approximate surface area is 119 Å². The predicted molar refractivity (Wildman–Crippen MR) is 73.4 cm³/mol. The van der Waals surface area contributed by atoms with Crippen LogP contribution in [-0.4, -0.2) is 60.8 Å². The number of piperidine rings is 1. The third-order valence-corrected chi connectivity index (χ3v) is 4.62. The molecular weight excluding hydrogens is 260 g/mol. The fourth-order valence-electron chi connectivity index (χ4n) is 2.91. The van der Waals surface area contributed by atoms with Gasteiger partial charge in [0.25, 0.3) is 0 Å². The second-order valence-electron chi connectivity index (χ2n) is 5.84. The van der Waals surface area contributed by atoms with E-state index in [9.17, 15) is 9.59 Å². The molecule has 2 N–H and O–H groups in total. The molecule has 2 fully saturated rings. The van der Waals surface area contributed by atoms with Crippen LogP contribution in [0.3, 0.4) is 0 Å². The van der Waals surface area contributed by atoms with E-state index < -0.39 is 5.97 Å². The highest BCUT2D eigenvalue weighted by molar-refractivity contribution is 5.78. The van der Waals surface area contributed by atoms with Crippen LogP contribution in [0.25, 0.3) is 0 Å². The molecule has 0 unspecified atom stereocenters. The minimum Gasteiger partial charge on any atom is -0.481 e. The summed E-state index contributed by atoms with van der Waals surface area (Å²) >= 11 is 0. The first-order chi connectivity index (χ1) is 9.56. The average Bonchev–Trinajstić information content (AvgIpc) is 2.41. The first kappa shape index (κ1) is 15.3. The van der Waals surface area contributed by atoms with Gasteiger partial charge in [-0.25, -0.2) is 0 Å². The Kier molecular flexibility index (Phi) is 4.99. The fourth-order valence-corrected chi connectivity index (χ4v) is 2.91. The predicted octanol–water partition coefficient (Wildman–Crippen LogP) is 0.468. The summed E-state index contributed by atoms with van der Waals surface area (Å²) in [5.41, 5.74) is -0.0728. The Balaban J connectivity index is 1.67. The van der Waals surface area contributed by atoms with Gasteiger partial charge in [-0.05, 0) is 32.1 Å². The van der Waals surface area contributed by atoms with Crippen molar-refractivity contribution in [2.24, 2.45) is 5.92 Å². The zero-order valence-electron chi connectivity index (χ0n) is 12.1. The van der Waals surface area contributed by atoms with E-state index in [0.29, 0.717) is 39.0 Å². The number of carbonyl (C=O) groups is 2. The van der Waals surface area contributed by atoms with Gasteiger partial charge in [-0.15, -0.1) is 0 Å². The molecule has 1 saturated heterocycles. The van der Waals surface area contributed by atoms with E-state index in [1.54, 1.807) is 12.0 Å². The fraction of sp³-hybridized carbons (Fsp3) is 0.857. The van der Waals surface area contributed by atoms with Gasteiger partial charge < -0.3 is 20.1 Å². The van der Waals surface area contributed by atoms with Crippen LogP contribution in [0.1, 0.15) is 32.1 Å². The molecule has 1 heterocycles. The second kappa shape index (κ2) is 6.54. The van der Waals surface area contributed by atoms with Crippen molar-refractivity contribution >= 4 is 11.9 Å². The molecule has 0 spiro atoms. The van der Waals surface area contributed by atoms with Crippen LogP contribution in [0.2, 0.25) is 0 Å². The highest BCUT2D eigenvalue weighted by Crippen LogP contribution is 2.34. The number of amides is 1. The van der Waals surface area contributed by atoms with Gasteiger partial charge in [0.05, 0.1) is 18.1 Å². The van der Waals surface area contributed by atoms with E-state index in [4.69, 9.17) is 9.84 Å². The van der Waals surface area contributed by atoms with E-state index >= 15 is 0 Å². The maximum atomic E-state index is 12.0. The third-order valence-electron chi connectivity index (χ3n) is 4.62. The van der Waals surface area contributed by atoms with Crippen molar-refractivity contribution in [2.75, 3.05) is 33.3 Å². The molecule has 0 aromatic carbocycles. The Morgan fingerprint density at radius 2 is 2.00 bits per heavy atom. The number of ether oxygens (including phenoxy) is 1. The molecule has 20 heavy (non-hydrogen) atoms. The number of rotatable bonds is 6. The van der Waals surface area contributed by atoms with Crippen molar-refractivity contribution in [1.82, 2.24) is 10.2 Å². The normalized spacial score (nSPS) is 22.4. The molecule has 0 bridgehead atoms. The van der Waals surface area contributed by atoms with Crippen molar-refractivity contribution in [1.29, 1.82) is 0 Å². The molecule has 1 saturated carbocycles. The molecule has 1 amide bonds. The molecule has 2 aliphatic rings. The number of nitrogens with zero attached hydrogens (tertiary/aromatic N) is 1. The highest BCUT2D eigenvalue weighted by atomic mass is 16.5. The van der Waals surface area contributed by atoms with Gasteiger partial charge in [-0.2, -0.15) is 0 Å². The lowest BCUT2D eigenvalue weighted by molar-refractivity contribution is -0.145. The summed E-state index contributed by atoms with van der Waals surface area (Å²) in [4.78, 5) is 24.6. The summed E-state index contributed by atoms with van der Waals surface area (Å²) in [7, 11) is 1.72. The monoisotopic (exact) mass is 284 g/mol. The van der Waals surface area contributed by atoms with Crippen LogP contribution in [0.15, 0.2) is 0 Å². The van der Waals surface area contributed by atoms with Gasteiger partial charge in [0.1, 0.15) is 0 Å². The number of likely N-dealkylation sites (tertiary alicyclic amines) is 1. The van der Waals surface area contributed by atoms with Crippen LogP contribution in [0, 0.1) is 5.92 Å². The topological polar surface area (TPSA) is 78.9 Å². The van der Waals surface area contributed by atoms with E-state index in [0.717, 1.165) is 12.8 Å². The van der Waals surface area contributed by atoms with Crippen molar-refractivity contribution in [3.63, 3.8) is 0 Å². The Hall–Kier alpha value is -1.14. The molecule has 0 radical (unpaired) electrons. The molecule has 0 atom stereocenters. The number of hydrogen-bond donors (Lipinski definition) is 2. The Morgan fingerprint density at radius 1 is 1.35 bits per heavy atom. The van der Waals surface area contributed by atoms with Crippen LogP contribution in [0.4, 0.5) is 0 Å². The van der Waals surface area contributed by atoms with Crippen LogP contribution < -0.4 is 5.32 Å². The Morgan fingerprint density at radius 3 is 2.45 bits per heavy atom. The van der Waals surface area contributed by atoms with Crippen molar-refractivity contribution in [3.05, 3.63) is 0 Å².